The predicted molar refractivity (Wildman–Crippen MR) is 159 cm³/mol. The van der Waals surface area contributed by atoms with E-state index in [0.717, 1.165) is 36.4 Å². The number of hydrogen-bond donors (Lipinski definition) is 1. The van der Waals surface area contributed by atoms with Gasteiger partial charge in [0.25, 0.3) is 10.0 Å². The van der Waals surface area contributed by atoms with Crippen LogP contribution in [-0.2, 0) is 26.2 Å². The Kier molecular flexibility index (Phi) is 10.1. The van der Waals surface area contributed by atoms with Gasteiger partial charge in [-0.3, -0.25) is 13.9 Å². The number of sulfonamides is 1. The normalized spacial score (nSPS) is 14.8. The van der Waals surface area contributed by atoms with E-state index in [-0.39, 0.29) is 29.1 Å². The maximum absolute atomic E-state index is 14.0. The van der Waals surface area contributed by atoms with E-state index >= 15 is 0 Å². The van der Waals surface area contributed by atoms with Crippen LogP contribution in [0.4, 0.5) is 5.69 Å². The molecule has 3 aromatic rings. The molecule has 1 saturated carbocycles. The van der Waals surface area contributed by atoms with Crippen molar-refractivity contribution in [2.75, 3.05) is 10.8 Å². The van der Waals surface area contributed by atoms with E-state index in [2.05, 4.69) is 5.32 Å². The molecule has 0 unspecified atom stereocenters. The highest BCUT2D eigenvalue weighted by molar-refractivity contribution is 7.92. The number of nitrogens with one attached hydrogen (secondary N) is 1. The second-order valence-electron chi connectivity index (χ2n) is 9.94. The third-order valence-corrected chi connectivity index (χ3v) is 9.52. The smallest absolute Gasteiger partial charge is 0.264 e. The molecule has 0 spiro atoms. The van der Waals surface area contributed by atoms with Crippen molar-refractivity contribution in [2.45, 2.75) is 62.6 Å². The highest BCUT2D eigenvalue weighted by Gasteiger charge is 2.33. The highest BCUT2D eigenvalue weighted by atomic mass is 35.5. The minimum Gasteiger partial charge on any atom is -0.352 e. The minimum absolute atomic E-state index is 0.0310. The monoisotopic (exact) mass is 601 g/mol. The van der Waals surface area contributed by atoms with Crippen LogP contribution in [0.5, 0.6) is 0 Å². The van der Waals surface area contributed by atoms with Crippen LogP contribution in [0, 0.1) is 0 Å². The molecule has 1 fully saturated rings. The van der Waals surface area contributed by atoms with Gasteiger partial charge in [-0.2, -0.15) is 0 Å². The first kappa shape index (κ1) is 29.9. The zero-order valence-electron chi connectivity index (χ0n) is 22.3. The molecule has 4 rings (SSSR count). The number of halogens is 2. The Morgan fingerprint density at radius 1 is 0.925 bits per heavy atom. The number of hydrogen-bond acceptors (Lipinski definition) is 4. The van der Waals surface area contributed by atoms with Crippen molar-refractivity contribution in [1.29, 1.82) is 0 Å². The summed E-state index contributed by atoms with van der Waals surface area (Å²) in [4.78, 5) is 28.8. The van der Waals surface area contributed by atoms with Gasteiger partial charge in [-0.1, -0.05) is 84.9 Å². The van der Waals surface area contributed by atoms with Gasteiger partial charge in [0.15, 0.2) is 0 Å². The summed E-state index contributed by atoms with van der Waals surface area (Å²) < 4.78 is 28.6. The molecule has 0 aliphatic heterocycles. The van der Waals surface area contributed by atoms with Crippen LogP contribution in [0.15, 0.2) is 83.8 Å². The number of benzene rings is 3. The van der Waals surface area contributed by atoms with Gasteiger partial charge in [0.05, 0.1) is 10.6 Å². The first-order chi connectivity index (χ1) is 19.2. The summed E-state index contributed by atoms with van der Waals surface area (Å²) in [5, 5.41) is 3.86. The van der Waals surface area contributed by atoms with Gasteiger partial charge >= 0.3 is 0 Å². The van der Waals surface area contributed by atoms with E-state index < -0.39 is 28.5 Å². The molecule has 1 aliphatic carbocycles. The van der Waals surface area contributed by atoms with Crippen LogP contribution in [-0.4, -0.2) is 43.8 Å². The lowest BCUT2D eigenvalue weighted by atomic mass is 9.95. The third-order valence-electron chi connectivity index (χ3n) is 7.12. The zero-order chi connectivity index (χ0) is 28.7. The summed E-state index contributed by atoms with van der Waals surface area (Å²) in [7, 11) is -4.15. The molecule has 0 bridgehead atoms. The van der Waals surface area contributed by atoms with E-state index in [4.69, 9.17) is 23.2 Å². The van der Waals surface area contributed by atoms with Crippen molar-refractivity contribution in [3.05, 3.63) is 94.5 Å². The molecule has 40 heavy (non-hydrogen) atoms. The third kappa shape index (κ3) is 7.36. The largest absolute Gasteiger partial charge is 0.352 e. The van der Waals surface area contributed by atoms with E-state index in [0.29, 0.717) is 15.6 Å². The lowest BCUT2D eigenvalue weighted by molar-refractivity contribution is -0.139. The lowest BCUT2D eigenvalue weighted by Crippen LogP contribution is -2.53. The Morgan fingerprint density at radius 3 is 2.27 bits per heavy atom. The molecule has 2 amide bonds. The minimum atomic E-state index is -4.15. The first-order valence-electron chi connectivity index (χ1n) is 13.3. The number of carbonyl (C=O) groups excluding carboxylic acids is 2. The van der Waals surface area contributed by atoms with Gasteiger partial charge in [-0.05, 0) is 61.7 Å². The van der Waals surface area contributed by atoms with Crippen molar-refractivity contribution in [2.24, 2.45) is 0 Å². The van der Waals surface area contributed by atoms with Crippen molar-refractivity contribution >= 4 is 50.7 Å². The molecule has 1 atom stereocenters. The SMILES string of the molecule is C[C@@H](C(=O)NC1CCCCC1)N(Cc1ccccc1Cl)C(=O)CN(c1cccc(Cl)c1)S(=O)(=O)c1ccccc1. The standard InChI is InChI=1S/C30H33Cl2N3O4S/c1-22(30(37)33-25-13-4-2-5-14-25)34(20-23-11-8-9-18-28(23)32)29(36)21-35(26-15-10-12-24(31)19-26)40(38,39)27-16-6-3-7-17-27/h3,6-12,15-19,22,25H,2,4-5,13-14,20-21H2,1H3,(H,33,37)/t22-/m0/s1. The Labute approximate surface area is 246 Å². The fourth-order valence-electron chi connectivity index (χ4n) is 4.84. The van der Waals surface area contributed by atoms with Gasteiger partial charge in [0.1, 0.15) is 12.6 Å². The molecule has 1 N–H and O–H groups in total. The average Bonchev–Trinajstić information content (AvgIpc) is 2.96. The molecular weight excluding hydrogens is 569 g/mol. The number of rotatable bonds is 10. The average molecular weight is 603 g/mol. The predicted octanol–water partition coefficient (Wildman–Crippen LogP) is 6.05. The molecule has 0 aromatic heterocycles. The van der Waals surface area contributed by atoms with Crippen LogP contribution in [0.1, 0.15) is 44.6 Å². The van der Waals surface area contributed by atoms with Crippen LogP contribution in [0.25, 0.3) is 0 Å². The van der Waals surface area contributed by atoms with Crippen molar-refractivity contribution in [3.8, 4) is 0 Å². The summed E-state index contributed by atoms with van der Waals surface area (Å²) in [6, 6.07) is 20.5. The molecule has 1 aliphatic rings. The van der Waals surface area contributed by atoms with Crippen LogP contribution in [0.3, 0.4) is 0 Å². The number of nitrogens with zero attached hydrogens (tertiary/aromatic N) is 2. The molecule has 0 saturated heterocycles. The van der Waals surface area contributed by atoms with Crippen molar-refractivity contribution in [3.63, 3.8) is 0 Å². The van der Waals surface area contributed by atoms with Gasteiger partial charge in [0.2, 0.25) is 11.8 Å². The van der Waals surface area contributed by atoms with E-state index in [9.17, 15) is 18.0 Å². The Morgan fingerprint density at radius 2 is 1.60 bits per heavy atom. The van der Waals surface area contributed by atoms with Gasteiger partial charge < -0.3 is 10.2 Å². The van der Waals surface area contributed by atoms with Crippen molar-refractivity contribution in [1.82, 2.24) is 10.2 Å². The summed E-state index contributed by atoms with van der Waals surface area (Å²) in [5.41, 5.74) is 0.886. The Hall–Kier alpha value is -3.07. The van der Waals surface area contributed by atoms with E-state index in [1.165, 1.54) is 23.1 Å². The lowest BCUT2D eigenvalue weighted by Gasteiger charge is -2.33. The van der Waals surface area contributed by atoms with Gasteiger partial charge in [0, 0.05) is 22.6 Å². The summed E-state index contributed by atoms with van der Waals surface area (Å²) in [5.74, 6) is -0.835. The number of amides is 2. The van der Waals surface area contributed by atoms with Crippen LogP contribution in [0.2, 0.25) is 10.0 Å². The van der Waals surface area contributed by atoms with E-state index in [1.807, 2.05) is 0 Å². The second-order valence-corrected chi connectivity index (χ2v) is 12.6. The molecule has 10 heteroatoms. The van der Waals surface area contributed by atoms with E-state index in [1.54, 1.807) is 67.6 Å². The quantitative estimate of drug-likeness (QED) is 0.306. The fraction of sp³-hybridized carbons (Fsp3) is 0.333. The highest BCUT2D eigenvalue weighted by Crippen LogP contribution is 2.27. The van der Waals surface area contributed by atoms with Crippen LogP contribution < -0.4 is 9.62 Å². The molecule has 0 radical (unpaired) electrons. The van der Waals surface area contributed by atoms with Crippen LogP contribution >= 0.6 is 23.2 Å². The Balaban J connectivity index is 1.67. The van der Waals surface area contributed by atoms with Gasteiger partial charge in [-0.15, -0.1) is 0 Å². The Bertz CT molecular complexity index is 1430. The summed E-state index contributed by atoms with van der Waals surface area (Å²) in [6.45, 7) is 1.15. The fourth-order valence-corrected chi connectivity index (χ4v) is 6.65. The maximum atomic E-state index is 14.0. The summed E-state index contributed by atoms with van der Waals surface area (Å²) in [6.07, 6.45) is 5.04. The molecule has 7 nitrogen and oxygen atoms in total. The number of anilines is 1. The van der Waals surface area contributed by atoms with Crippen molar-refractivity contribution < 1.29 is 18.0 Å². The zero-order valence-corrected chi connectivity index (χ0v) is 24.6. The molecule has 0 heterocycles. The topological polar surface area (TPSA) is 86.8 Å². The first-order valence-corrected chi connectivity index (χ1v) is 15.5. The molecule has 3 aromatic carbocycles. The second kappa shape index (κ2) is 13.5. The molecule has 212 valence electrons. The molecular formula is C30H33Cl2N3O4S. The summed E-state index contributed by atoms with van der Waals surface area (Å²) >= 11 is 12.6. The maximum Gasteiger partial charge on any atom is 0.264 e. The van der Waals surface area contributed by atoms with Gasteiger partial charge in [-0.25, -0.2) is 8.42 Å². The number of carbonyl (C=O) groups is 2.